The maximum atomic E-state index is 9.31. The molecule has 0 saturated carbocycles. The second-order valence-electron chi connectivity index (χ2n) is 4.26. The Balaban J connectivity index is 2.79. The zero-order valence-electron chi connectivity index (χ0n) is 11.7. The van der Waals surface area contributed by atoms with Gasteiger partial charge in [0, 0.05) is 13.0 Å². The number of hydrogen-bond donors (Lipinski definition) is 1. The number of hydrogen-bond acceptors (Lipinski definition) is 4. The summed E-state index contributed by atoms with van der Waals surface area (Å²) in [6.45, 7) is 4.82. The van der Waals surface area contributed by atoms with Gasteiger partial charge in [-0.3, -0.25) is 0 Å². The normalized spacial score (nSPS) is 9.68. The van der Waals surface area contributed by atoms with Crippen LogP contribution in [0.2, 0.25) is 0 Å². The summed E-state index contributed by atoms with van der Waals surface area (Å²) in [6, 6.07) is 2.24. The van der Waals surface area contributed by atoms with E-state index >= 15 is 0 Å². The van der Waals surface area contributed by atoms with Crippen molar-refractivity contribution in [3.63, 3.8) is 0 Å². The van der Waals surface area contributed by atoms with Gasteiger partial charge in [0.2, 0.25) is 0 Å². The molecule has 0 aromatic carbocycles. The third-order valence-electron chi connectivity index (χ3n) is 3.00. The Labute approximate surface area is 115 Å². The highest BCUT2D eigenvalue weighted by Crippen LogP contribution is 2.19. The van der Waals surface area contributed by atoms with Gasteiger partial charge in [-0.05, 0) is 31.2 Å². The summed E-state index contributed by atoms with van der Waals surface area (Å²) in [4.78, 5) is 0. The van der Waals surface area contributed by atoms with Gasteiger partial charge >= 0.3 is 0 Å². The molecule has 1 aromatic rings. The van der Waals surface area contributed by atoms with E-state index in [4.69, 9.17) is 6.42 Å². The first-order valence-electron chi connectivity index (χ1n) is 6.74. The molecular weight excluding hydrogens is 236 g/mol. The predicted octanol–water partition coefficient (Wildman–Crippen LogP) is 2.69. The summed E-state index contributed by atoms with van der Waals surface area (Å²) in [5.41, 5.74) is 2.55. The minimum Gasteiger partial charge on any atom is -0.367 e. The molecule has 0 fully saturated rings. The lowest BCUT2D eigenvalue weighted by Gasteiger charge is -2.11. The fourth-order valence-corrected chi connectivity index (χ4v) is 1.98. The first-order valence-corrected chi connectivity index (χ1v) is 6.74. The summed E-state index contributed by atoms with van der Waals surface area (Å²) >= 11 is 0. The van der Waals surface area contributed by atoms with Gasteiger partial charge < -0.3 is 5.32 Å². The van der Waals surface area contributed by atoms with Crippen molar-refractivity contribution in [2.24, 2.45) is 0 Å². The number of unbranched alkanes of at least 4 members (excludes halogenated alkanes) is 2. The highest BCUT2D eigenvalue weighted by molar-refractivity contribution is 5.56. The van der Waals surface area contributed by atoms with Crippen LogP contribution in [-0.4, -0.2) is 16.7 Å². The lowest BCUT2D eigenvalue weighted by molar-refractivity contribution is 0.781. The lowest BCUT2D eigenvalue weighted by Crippen LogP contribution is -2.11. The Morgan fingerprint density at radius 1 is 1.21 bits per heavy atom. The third-order valence-corrected chi connectivity index (χ3v) is 3.00. The zero-order valence-corrected chi connectivity index (χ0v) is 11.7. The van der Waals surface area contributed by atoms with E-state index in [9.17, 15) is 5.26 Å². The number of nitriles is 1. The highest BCUT2D eigenvalue weighted by atomic mass is 15.2. The van der Waals surface area contributed by atoms with Crippen molar-refractivity contribution in [2.75, 3.05) is 11.9 Å². The van der Waals surface area contributed by atoms with Crippen LogP contribution in [0.25, 0.3) is 0 Å². The summed E-state index contributed by atoms with van der Waals surface area (Å²) in [5.74, 6) is 3.21. The molecular formula is C15H20N4. The van der Waals surface area contributed by atoms with Crippen LogP contribution in [0.4, 0.5) is 5.82 Å². The van der Waals surface area contributed by atoms with E-state index in [1.165, 1.54) is 0 Å². The Kier molecular flexibility index (Phi) is 6.39. The molecule has 4 heteroatoms. The molecule has 0 bridgehead atoms. The van der Waals surface area contributed by atoms with Crippen molar-refractivity contribution in [3.05, 3.63) is 16.8 Å². The van der Waals surface area contributed by atoms with Crippen LogP contribution in [0.3, 0.4) is 0 Å². The molecule has 1 aromatic heterocycles. The standard InChI is InChI=1S/C15H20N4/c1-4-7-8-9-10-17-15-13(11-16)12(5-2)14(6-3)18-19-15/h1H,5-10H2,2-3H3,(H,17,19). The van der Waals surface area contributed by atoms with Crippen LogP contribution in [0.1, 0.15) is 49.9 Å². The average Bonchev–Trinajstić information content (AvgIpc) is 2.45. The molecule has 19 heavy (non-hydrogen) atoms. The molecule has 0 spiro atoms. The van der Waals surface area contributed by atoms with Crippen molar-refractivity contribution in [2.45, 2.75) is 46.0 Å². The Morgan fingerprint density at radius 3 is 2.58 bits per heavy atom. The number of aromatic nitrogens is 2. The molecule has 4 nitrogen and oxygen atoms in total. The monoisotopic (exact) mass is 256 g/mol. The highest BCUT2D eigenvalue weighted by Gasteiger charge is 2.13. The third kappa shape index (κ3) is 3.96. The number of rotatable bonds is 7. The van der Waals surface area contributed by atoms with E-state index < -0.39 is 0 Å². The quantitative estimate of drug-likeness (QED) is 0.602. The molecule has 0 aliphatic carbocycles. The Morgan fingerprint density at radius 2 is 2.00 bits per heavy atom. The van der Waals surface area contributed by atoms with Gasteiger partial charge in [-0.15, -0.1) is 17.4 Å². The molecule has 0 aliphatic heterocycles. The average molecular weight is 256 g/mol. The SMILES string of the molecule is C#CCCCCNc1nnc(CC)c(CC)c1C#N. The van der Waals surface area contributed by atoms with E-state index in [-0.39, 0.29) is 0 Å². The largest absolute Gasteiger partial charge is 0.367 e. The molecule has 0 unspecified atom stereocenters. The Hall–Kier alpha value is -2.07. The Bertz CT molecular complexity index is 494. The van der Waals surface area contributed by atoms with E-state index in [1.807, 2.05) is 13.8 Å². The van der Waals surface area contributed by atoms with Crippen LogP contribution >= 0.6 is 0 Å². The molecule has 0 saturated heterocycles. The van der Waals surface area contributed by atoms with Gasteiger partial charge in [0.15, 0.2) is 5.82 Å². The van der Waals surface area contributed by atoms with Gasteiger partial charge in [0.05, 0.1) is 5.69 Å². The first-order chi connectivity index (χ1) is 9.28. The van der Waals surface area contributed by atoms with Gasteiger partial charge in [-0.25, -0.2) is 0 Å². The molecule has 0 aliphatic rings. The smallest absolute Gasteiger partial charge is 0.166 e. The molecule has 1 N–H and O–H groups in total. The number of aryl methyl sites for hydroxylation is 1. The van der Waals surface area contributed by atoms with Crippen LogP contribution in [0.5, 0.6) is 0 Å². The van der Waals surface area contributed by atoms with E-state index in [2.05, 4.69) is 27.5 Å². The van der Waals surface area contributed by atoms with Crippen LogP contribution in [0.15, 0.2) is 0 Å². The fraction of sp³-hybridized carbons (Fsp3) is 0.533. The molecule has 0 radical (unpaired) electrons. The molecule has 0 atom stereocenters. The number of anilines is 1. The number of nitrogens with one attached hydrogen (secondary N) is 1. The van der Waals surface area contributed by atoms with Gasteiger partial charge in [0.25, 0.3) is 0 Å². The second-order valence-corrected chi connectivity index (χ2v) is 4.26. The van der Waals surface area contributed by atoms with Gasteiger partial charge in [0.1, 0.15) is 11.6 Å². The molecule has 100 valence electrons. The van der Waals surface area contributed by atoms with Crippen molar-refractivity contribution in [1.82, 2.24) is 10.2 Å². The van der Waals surface area contributed by atoms with Gasteiger partial charge in [-0.2, -0.15) is 10.4 Å². The molecule has 1 rings (SSSR count). The van der Waals surface area contributed by atoms with E-state index in [0.29, 0.717) is 11.4 Å². The topological polar surface area (TPSA) is 61.6 Å². The number of nitrogens with zero attached hydrogens (tertiary/aromatic N) is 3. The minimum absolute atomic E-state index is 0.595. The summed E-state index contributed by atoms with van der Waals surface area (Å²) in [5, 5.41) is 20.8. The van der Waals surface area contributed by atoms with Crippen LogP contribution in [-0.2, 0) is 12.8 Å². The van der Waals surface area contributed by atoms with Crippen molar-refractivity contribution in [1.29, 1.82) is 5.26 Å². The van der Waals surface area contributed by atoms with Crippen molar-refractivity contribution in [3.8, 4) is 18.4 Å². The summed E-state index contributed by atoms with van der Waals surface area (Å²) < 4.78 is 0. The first kappa shape index (κ1) is 15.0. The maximum Gasteiger partial charge on any atom is 0.166 e. The second kappa shape index (κ2) is 8.11. The predicted molar refractivity (Wildman–Crippen MR) is 76.7 cm³/mol. The van der Waals surface area contributed by atoms with E-state index in [0.717, 1.165) is 49.9 Å². The van der Waals surface area contributed by atoms with Crippen LogP contribution < -0.4 is 5.32 Å². The van der Waals surface area contributed by atoms with Crippen molar-refractivity contribution < 1.29 is 0 Å². The maximum absolute atomic E-state index is 9.31. The van der Waals surface area contributed by atoms with Gasteiger partial charge in [-0.1, -0.05) is 13.8 Å². The minimum atomic E-state index is 0.595. The molecule has 0 amide bonds. The molecule has 1 heterocycles. The summed E-state index contributed by atoms with van der Waals surface area (Å²) in [7, 11) is 0. The zero-order chi connectivity index (χ0) is 14.1. The number of terminal acetylenes is 1. The van der Waals surface area contributed by atoms with E-state index in [1.54, 1.807) is 0 Å². The van der Waals surface area contributed by atoms with Crippen LogP contribution in [0, 0.1) is 23.7 Å². The summed E-state index contributed by atoms with van der Waals surface area (Å²) in [6.07, 6.45) is 9.53. The lowest BCUT2D eigenvalue weighted by atomic mass is 10.0. The fourth-order valence-electron chi connectivity index (χ4n) is 1.98. The van der Waals surface area contributed by atoms with Crippen molar-refractivity contribution >= 4 is 5.82 Å².